The van der Waals surface area contributed by atoms with E-state index in [-0.39, 0.29) is 17.2 Å². The number of halogens is 1. The molecule has 0 unspecified atom stereocenters. The average molecular weight is 267 g/mol. The summed E-state index contributed by atoms with van der Waals surface area (Å²) in [5.74, 6) is 0.193. The van der Waals surface area contributed by atoms with Gasteiger partial charge in [-0.05, 0) is 18.2 Å². The van der Waals surface area contributed by atoms with Crippen molar-refractivity contribution in [1.82, 2.24) is 20.5 Å². The van der Waals surface area contributed by atoms with Gasteiger partial charge in [0.05, 0.1) is 5.56 Å². The summed E-state index contributed by atoms with van der Waals surface area (Å²) in [4.78, 5) is 15.7. The third-order valence-electron chi connectivity index (χ3n) is 2.32. The van der Waals surface area contributed by atoms with Gasteiger partial charge >= 0.3 is 0 Å². The van der Waals surface area contributed by atoms with Crippen LogP contribution in [0.2, 0.25) is 5.02 Å². The Labute approximate surface area is 108 Å². The summed E-state index contributed by atoms with van der Waals surface area (Å²) >= 11 is 5.68. The molecule has 0 atom stereocenters. The van der Waals surface area contributed by atoms with Gasteiger partial charge < -0.3 is 10.4 Å². The summed E-state index contributed by atoms with van der Waals surface area (Å²) in [6, 6.07) is 4.35. The quantitative estimate of drug-likeness (QED) is 0.774. The molecule has 1 aromatic carbocycles. The standard InChI is InChI=1S/C11H11ClN4O2/c12-7-1-2-8(9(17)5-7)11(18)13-4-3-10-14-6-15-16-10/h1-2,5-6,17H,3-4H2,(H,13,18)(H,14,15,16). The molecule has 0 saturated heterocycles. The number of hydrogen-bond acceptors (Lipinski definition) is 4. The fourth-order valence-electron chi connectivity index (χ4n) is 1.44. The van der Waals surface area contributed by atoms with Crippen LogP contribution in [0.1, 0.15) is 16.2 Å². The van der Waals surface area contributed by atoms with Crippen LogP contribution in [-0.4, -0.2) is 32.7 Å². The molecule has 0 bridgehead atoms. The number of H-pyrrole nitrogens is 1. The summed E-state index contributed by atoms with van der Waals surface area (Å²) in [5, 5.41) is 19.0. The van der Waals surface area contributed by atoms with E-state index in [9.17, 15) is 9.90 Å². The Morgan fingerprint density at radius 3 is 3.00 bits per heavy atom. The number of nitrogens with zero attached hydrogens (tertiary/aromatic N) is 2. The van der Waals surface area contributed by atoms with Crippen LogP contribution in [0, 0.1) is 0 Å². The Morgan fingerprint density at radius 2 is 2.33 bits per heavy atom. The smallest absolute Gasteiger partial charge is 0.255 e. The van der Waals surface area contributed by atoms with Gasteiger partial charge in [-0.15, -0.1) is 0 Å². The maximum absolute atomic E-state index is 11.7. The Bertz CT molecular complexity index is 542. The number of carbonyl (C=O) groups excluding carboxylic acids is 1. The van der Waals surface area contributed by atoms with Crippen LogP contribution in [0.5, 0.6) is 5.75 Å². The van der Waals surface area contributed by atoms with Gasteiger partial charge in [0.25, 0.3) is 5.91 Å². The molecule has 0 saturated carbocycles. The second-order valence-electron chi connectivity index (χ2n) is 3.60. The minimum Gasteiger partial charge on any atom is -0.507 e. The van der Waals surface area contributed by atoms with Crippen LogP contribution in [0.4, 0.5) is 0 Å². The van der Waals surface area contributed by atoms with E-state index in [4.69, 9.17) is 11.6 Å². The molecule has 0 aliphatic rings. The molecule has 0 aliphatic heterocycles. The van der Waals surface area contributed by atoms with Gasteiger partial charge in [-0.3, -0.25) is 9.89 Å². The number of nitrogens with one attached hydrogen (secondary N) is 2. The van der Waals surface area contributed by atoms with E-state index in [1.807, 2.05) is 0 Å². The number of carbonyl (C=O) groups is 1. The summed E-state index contributed by atoms with van der Waals surface area (Å²) in [5.41, 5.74) is 0.192. The molecule has 94 valence electrons. The van der Waals surface area contributed by atoms with Crippen molar-refractivity contribution in [1.29, 1.82) is 0 Å². The molecule has 2 aromatic rings. The zero-order chi connectivity index (χ0) is 13.0. The van der Waals surface area contributed by atoms with Crippen LogP contribution in [0.3, 0.4) is 0 Å². The highest BCUT2D eigenvalue weighted by atomic mass is 35.5. The Balaban J connectivity index is 1.91. The van der Waals surface area contributed by atoms with Crippen LogP contribution < -0.4 is 5.32 Å². The van der Waals surface area contributed by atoms with Gasteiger partial charge in [-0.2, -0.15) is 5.10 Å². The molecular formula is C11H11ClN4O2. The molecule has 2 rings (SSSR count). The summed E-state index contributed by atoms with van der Waals surface area (Å²) in [6.45, 7) is 0.399. The minimum absolute atomic E-state index is 0.139. The predicted molar refractivity (Wildman–Crippen MR) is 65.5 cm³/mol. The number of hydrogen-bond donors (Lipinski definition) is 3. The van der Waals surface area contributed by atoms with Gasteiger partial charge in [0, 0.05) is 18.0 Å². The van der Waals surface area contributed by atoms with Gasteiger partial charge in [0.1, 0.15) is 17.9 Å². The Kier molecular flexibility index (Phi) is 3.78. The van der Waals surface area contributed by atoms with E-state index in [1.165, 1.54) is 18.5 Å². The van der Waals surface area contributed by atoms with E-state index in [2.05, 4.69) is 20.5 Å². The molecular weight excluding hydrogens is 256 g/mol. The maximum Gasteiger partial charge on any atom is 0.255 e. The largest absolute Gasteiger partial charge is 0.507 e. The first kappa shape index (κ1) is 12.4. The topological polar surface area (TPSA) is 90.9 Å². The van der Waals surface area contributed by atoms with Crippen molar-refractivity contribution in [3.8, 4) is 5.75 Å². The second kappa shape index (κ2) is 5.50. The molecule has 0 radical (unpaired) electrons. The van der Waals surface area contributed by atoms with Crippen LogP contribution in [0.25, 0.3) is 0 Å². The monoisotopic (exact) mass is 266 g/mol. The second-order valence-corrected chi connectivity index (χ2v) is 4.04. The summed E-state index contributed by atoms with van der Waals surface area (Å²) < 4.78 is 0. The summed E-state index contributed by atoms with van der Waals surface area (Å²) in [7, 11) is 0. The number of aromatic amines is 1. The fourth-order valence-corrected chi connectivity index (χ4v) is 1.60. The molecule has 0 aliphatic carbocycles. The lowest BCUT2D eigenvalue weighted by molar-refractivity contribution is 0.0951. The number of benzene rings is 1. The van der Waals surface area contributed by atoms with Crippen molar-refractivity contribution < 1.29 is 9.90 Å². The highest BCUT2D eigenvalue weighted by Crippen LogP contribution is 2.21. The third kappa shape index (κ3) is 2.98. The lowest BCUT2D eigenvalue weighted by Gasteiger charge is -2.06. The molecule has 18 heavy (non-hydrogen) atoms. The van der Waals surface area contributed by atoms with E-state index < -0.39 is 0 Å². The third-order valence-corrected chi connectivity index (χ3v) is 2.55. The fraction of sp³-hybridized carbons (Fsp3) is 0.182. The predicted octanol–water partition coefficient (Wildman–Crippen LogP) is 1.14. The van der Waals surface area contributed by atoms with Crippen molar-refractivity contribution in [2.24, 2.45) is 0 Å². The van der Waals surface area contributed by atoms with Gasteiger partial charge in [0.2, 0.25) is 0 Å². The highest BCUT2D eigenvalue weighted by molar-refractivity contribution is 6.30. The van der Waals surface area contributed by atoms with Crippen molar-refractivity contribution in [2.75, 3.05) is 6.54 Å². The van der Waals surface area contributed by atoms with Crippen LogP contribution in [-0.2, 0) is 6.42 Å². The molecule has 1 heterocycles. The number of rotatable bonds is 4. The molecule has 1 aromatic heterocycles. The molecule has 3 N–H and O–H groups in total. The highest BCUT2D eigenvalue weighted by Gasteiger charge is 2.10. The molecule has 0 spiro atoms. The first-order valence-electron chi connectivity index (χ1n) is 5.28. The normalized spacial score (nSPS) is 10.3. The SMILES string of the molecule is O=C(NCCc1ncn[nH]1)c1ccc(Cl)cc1O. The van der Waals surface area contributed by atoms with E-state index in [1.54, 1.807) is 6.07 Å². The van der Waals surface area contributed by atoms with Gasteiger partial charge in [0.15, 0.2) is 0 Å². The first-order chi connectivity index (χ1) is 8.66. The van der Waals surface area contributed by atoms with Crippen molar-refractivity contribution in [3.63, 3.8) is 0 Å². The Morgan fingerprint density at radius 1 is 1.50 bits per heavy atom. The lowest BCUT2D eigenvalue weighted by atomic mass is 10.2. The zero-order valence-electron chi connectivity index (χ0n) is 9.35. The molecule has 7 heteroatoms. The van der Waals surface area contributed by atoms with Crippen molar-refractivity contribution in [3.05, 3.63) is 40.9 Å². The lowest BCUT2D eigenvalue weighted by Crippen LogP contribution is -2.26. The van der Waals surface area contributed by atoms with E-state index in [0.29, 0.717) is 23.8 Å². The number of aromatic hydroxyl groups is 1. The Hall–Kier alpha value is -2.08. The molecule has 0 fully saturated rings. The number of aromatic nitrogens is 3. The van der Waals surface area contributed by atoms with Crippen LogP contribution in [0.15, 0.2) is 24.5 Å². The average Bonchev–Trinajstić information content (AvgIpc) is 2.81. The number of phenolic OH excluding ortho intramolecular Hbond substituents is 1. The van der Waals surface area contributed by atoms with E-state index >= 15 is 0 Å². The van der Waals surface area contributed by atoms with E-state index in [0.717, 1.165) is 0 Å². The maximum atomic E-state index is 11.7. The van der Waals surface area contributed by atoms with Gasteiger partial charge in [-0.25, -0.2) is 4.98 Å². The first-order valence-corrected chi connectivity index (χ1v) is 5.65. The van der Waals surface area contributed by atoms with Crippen molar-refractivity contribution in [2.45, 2.75) is 6.42 Å². The molecule has 6 nitrogen and oxygen atoms in total. The zero-order valence-corrected chi connectivity index (χ0v) is 10.1. The van der Waals surface area contributed by atoms with Gasteiger partial charge in [-0.1, -0.05) is 11.6 Å². The van der Waals surface area contributed by atoms with Crippen molar-refractivity contribution >= 4 is 17.5 Å². The minimum atomic E-state index is -0.358. The number of phenols is 1. The molecule has 1 amide bonds. The van der Waals surface area contributed by atoms with Crippen LogP contribution >= 0.6 is 11.6 Å². The summed E-state index contributed by atoms with van der Waals surface area (Å²) in [6.07, 6.45) is 1.95. The number of amides is 1.